The van der Waals surface area contributed by atoms with Crippen molar-refractivity contribution >= 4 is 9.76 Å². The maximum absolute atomic E-state index is 5.99. The number of benzene rings is 2. The van der Waals surface area contributed by atoms with Gasteiger partial charge in [-0.25, -0.2) is 0 Å². The van der Waals surface area contributed by atoms with E-state index in [9.17, 15) is 0 Å². The first kappa shape index (κ1) is 15.0. The molecule has 0 saturated heterocycles. The van der Waals surface area contributed by atoms with E-state index in [4.69, 9.17) is 10.2 Å². The number of rotatable bonds is 8. The third-order valence-electron chi connectivity index (χ3n) is 3.43. The van der Waals surface area contributed by atoms with E-state index >= 15 is 0 Å². The highest BCUT2D eigenvalue weighted by molar-refractivity contribution is 6.27. The first-order chi connectivity index (χ1) is 9.92. The molecule has 0 radical (unpaired) electrons. The predicted molar refractivity (Wildman–Crippen MR) is 87.7 cm³/mol. The van der Waals surface area contributed by atoms with Gasteiger partial charge in [-0.05, 0) is 30.1 Å². The summed E-state index contributed by atoms with van der Waals surface area (Å²) in [5, 5.41) is 0. The van der Waals surface area contributed by atoms with E-state index in [1.807, 2.05) is 0 Å². The average Bonchev–Trinajstić information content (AvgIpc) is 2.53. The van der Waals surface area contributed by atoms with Gasteiger partial charge < -0.3 is 10.2 Å². The lowest BCUT2D eigenvalue weighted by atomic mass is 9.92. The summed E-state index contributed by atoms with van der Waals surface area (Å²) in [6, 6.07) is 22.4. The normalized spacial score (nSPS) is 11.5. The second-order valence-corrected chi connectivity index (χ2v) is 6.47. The average molecular weight is 285 g/mol. The standard InChI is InChI=1S/C17H23NOSi/c18-12-7-13-20-19-14-17(15-8-3-1-4-9-15)16-10-5-2-6-11-16/h1-6,8-11,17H,7,12-14,18,20H2. The van der Waals surface area contributed by atoms with Crippen molar-refractivity contribution in [1.29, 1.82) is 0 Å². The van der Waals surface area contributed by atoms with Gasteiger partial charge in [0.05, 0.1) is 0 Å². The first-order valence-corrected chi connectivity index (χ1v) is 8.87. The fourth-order valence-electron chi connectivity index (χ4n) is 2.31. The summed E-state index contributed by atoms with van der Waals surface area (Å²) in [6.45, 7) is 1.56. The second-order valence-electron chi connectivity index (χ2n) is 4.94. The summed E-state index contributed by atoms with van der Waals surface area (Å²) in [7, 11) is -0.432. The molecule has 0 aliphatic rings. The van der Waals surface area contributed by atoms with Gasteiger partial charge in [0.2, 0.25) is 0 Å². The molecule has 20 heavy (non-hydrogen) atoms. The Hall–Kier alpha value is -1.42. The molecule has 0 fully saturated rings. The van der Waals surface area contributed by atoms with Crippen molar-refractivity contribution in [2.75, 3.05) is 13.2 Å². The first-order valence-electron chi connectivity index (χ1n) is 7.29. The number of nitrogens with two attached hydrogens (primary N) is 1. The van der Waals surface area contributed by atoms with Crippen LogP contribution >= 0.6 is 0 Å². The van der Waals surface area contributed by atoms with Crippen LogP contribution in [0.2, 0.25) is 6.04 Å². The van der Waals surface area contributed by atoms with Crippen molar-refractivity contribution in [1.82, 2.24) is 0 Å². The molecule has 2 aromatic carbocycles. The smallest absolute Gasteiger partial charge is 0.161 e. The number of hydrogen-bond acceptors (Lipinski definition) is 2. The molecule has 0 aromatic heterocycles. The van der Waals surface area contributed by atoms with Crippen LogP contribution in [-0.2, 0) is 4.43 Å². The molecule has 0 aliphatic heterocycles. The van der Waals surface area contributed by atoms with Gasteiger partial charge in [0, 0.05) is 12.5 Å². The van der Waals surface area contributed by atoms with Crippen LogP contribution in [0.4, 0.5) is 0 Å². The lowest BCUT2D eigenvalue weighted by molar-refractivity contribution is 0.319. The van der Waals surface area contributed by atoms with Gasteiger partial charge in [0.1, 0.15) is 0 Å². The molecule has 0 spiro atoms. The lowest BCUT2D eigenvalue weighted by Crippen LogP contribution is -2.12. The molecular formula is C17H23NOSi. The van der Waals surface area contributed by atoms with Gasteiger partial charge in [-0.1, -0.05) is 60.7 Å². The molecule has 0 saturated carbocycles. The van der Waals surface area contributed by atoms with Crippen LogP contribution in [0.1, 0.15) is 23.5 Å². The van der Waals surface area contributed by atoms with E-state index in [0.29, 0.717) is 5.92 Å². The highest BCUT2D eigenvalue weighted by Crippen LogP contribution is 2.24. The van der Waals surface area contributed by atoms with Gasteiger partial charge in [-0.3, -0.25) is 0 Å². The fraction of sp³-hybridized carbons (Fsp3) is 0.294. The zero-order valence-electron chi connectivity index (χ0n) is 11.9. The predicted octanol–water partition coefficient (Wildman–Crippen LogP) is 2.69. The molecule has 0 amide bonds. The van der Waals surface area contributed by atoms with Crippen LogP contribution in [0, 0.1) is 0 Å². The maximum atomic E-state index is 5.99. The van der Waals surface area contributed by atoms with Crippen molar-refractivity contribution < 1.29 is 4.43 Å². The van der Waals surface area contributed by atoms with Crippen molar-refractivity contribution in [2.24, 2.45) is 5.73 Å². The van der Waals surface area contributed by atoms with Crippen LogP contribution in [0.5, 0.6) is 0 Å². The molecular weight excluding hydrogens is 262 g/mol. The zero-order chi connectivity index (χ0) is 14.0. The topological polar surface area (TPSA) is 35.2 Å². The van der Waals surface area contributed by atoms with E-state index < -0.39 is 9.76 Å². The Labute approximate surface area is 123 Å². The quantitative estimate of drug-likeness (QED) is 0.598. The van der Waals surface area contributed by atoms with E-state index in [0.717, 1.165) is 19.6 Å². The molecule has 2 nitrogen and oxygen atoms in total. The van der Waals surface area contributed by atoms with Crippen LogP contribution < -0.4 is 5.73 Å². The minimum Gasteiger partial charge on any atom is -0.423 e. The third-order valence-corrected chi connectivity index (χ3v) is 4.74. The Morgan fingerprint density at radius 2 is 1.45 bits per heavy atom. The van der Waals surface area contributed by atoms with Crippen molar-refractivity contribution in [2.45, 2.75) is 18.4 Å². The second kappa shape index (κ2) is 8.69. The molecule has 0 aliphatic carbocycles. The fourth-order valence-corrected chi connectivity index (χ4v) is 3.40. The van der Waals surface area contributed by atoms with Crippen molar-refractivity contribution in [3.63, 3.8) is 0 Å². The number of hydrogen-bond donors (Lipinski definition) is 1. The summed E-state index contributed by atoms with van der Waals surface area (Å²) < 4.78 is 5.99. The lowest BCUT2D eigenvalue weighted by Gasteiger charge is -2.18. The summed E-state index contributed by atoms with van der Waals surface area (Å²) in [6.07, 6.45) is 1.09. The third kappa shape index (κ3) is 4.60. The molecule has 2 rings (SSSR count). The zero-order valence-corrected chi connectivity index (χ0v) is 13.3. The van der Waals surface area contributed by atoms with Crippen LogP contribution in [-0.4, -0.2) is 22.9 Å². The Balaban J connectivity index is 2.02. The molecule has 106 valence electrons. The van der Waals surface area contributed by atoms with Gasteiger partial charge in [-0.15, -0.1) is 0 Å². The summed E-state index contributed by atoms with van der Waals surface area (Å²) in [5.41, 5.74) is 8.17. The molecule has 0 bridgehead atoms. The molecule has 2 N–H and O–H groups in total. The van der Waals surface area contributed by atoms with Crippen LogP contribution in [0.25, 0.3) is 0 Å². The highest BCUT2D eigenvalue weighted by atomic mass is 28.2. The largest absolute Gasteiger partial charge is 0.423 e. The van der Waals surface area contributed by atoms with Gasteiger partial charge in [-0.2, -0.15) is 0 Å². The van der Waals surface area contributed by atoms with Gasteiger partial charge in [0.15, 0.2) is 9.76 Å². The van der Waals surface area contributed by atoms with E-state index in [1.165, 1.54) is 17.2 Å². The van der Waals surface area contributed by atoms with Crippen LogP contribution in [0.15, 0.2) is 60.7 Å². The van der Waals surface area contributed by atoms with E-state index in [-0.39, 0.29) is 0 Å². The molecule has 0 unspecified atom stereocenters. The Morgan fingerprint density at radius 3 is 1.95 bits per heavy atom. The monoisotopic (exact) mass is 285 g/mol. The Bertz CT molecular complexity index is 435. The maximum Gasteiger partial charge on any atom is 0.161 e. The van der Waals surface area contributed by atoms with Crippen LogP contribution in [0.3, 0.4) is 0 Å². The van der Waals surface area contributed by atoms with E-state index in [2.05, 4.69) is 60.7 Å². The van der Waals surface area contributed by atoms with Crippen molar-refractivity contribution in [3.8, 4) is 0 Å². The highest BCUT2D eigenvalue weighted by Gasteiger charge is 2.13. The summed E-state index contributed by atoms with van der Waals surface area (Å²) in [5.74, 6) is 0.336. The SMILES string of the molecule is NCCC[SiH2]OCC(c1ccccc1)c1ccccc1. The Morgan fingerprint density at radius 1 is 0.900 bits per heavy atom. The van der Waals surface area contributed by atoms with Gasteiger partial charge in [0.25, 0.3) is 0 Å². The van der Waals surface area contributed by atoms with Gasteiger partial charge >= 0.3 is 0 Å². The van der Waals surface area contributed by atoms with E-state index in [1.54, 1.807) is 0 Å². The Kier molecular flexibility index (Phi) is 6.51. The molecule has 0 atom stereocenters. The summed E-state index contributed by atoms with van der Waals surface area (Å²) >= 11 is 0. The summed E-state index contributed by atoms with van der Waals surface area (Å²) in [4.78, 5) is 0. The molecule has 0 heterocycles. The minimum absolute atomic E-state index is 0.336. The molecule has 3 heteroatoms. The minimum atomic E-state index is -0.432. The van der Waals surface area contributed by atoms with Crippen molar-refractivity contribution in [3.05, 3.63) is 71.8 Å². The molecule has 2 aromatic rings.